The highest BCUT2D eigenvalue weighted by molar-refractivity contribution is 8.72. The van der Waals surface area contributed by atoms with E-state index in [0.29, 0.717) is 17.0 Å². The maximum Gasteiger partial charge on any atom is 0.250 e. The van der Waals surface area contributed by atoms with Crippen LogP contribution in [0.5, 0.6) is 0 Å². The summed E-state index contributed by atoms with van der Waals surface area (Å²) in [5.41, 5.74) is 0.916. The summed E-state index contributed by atoms with van der Waals surface area (Å²) >= 11 is 0. The molecule has 0 aliphatic carbocycles. The molecule has 1 N–H and O–H groups in total. The van der Waals surface area contributed by atoms with E-state index in [1.165, 1.54) is 18.2 Å². The van der Waals surface area contributed by atoms with E-state index in [4.69, 9.17) is 0 Å². The Kier molecular flexibility index (Phi) is 5.38. The lowest BCUT2D eigenvalue weighted by atomic mass is 10.3. The molecular formula is C13H15NO3S2. The van der Waals surface area contributed by atoms with Crippen LogP contribution >= 0.6 is 10.8 Å². The molecule has 4 nitrogen and oxygen atoms in total. The average molecular weight is 297 g/mol. The molecule has 0 bridgehead atoms. The van der Waals surface area contributed by atoms with Crippen molar-refractivity contribution in [1.29, 1.82) is 0 Å². The van der Waals surface area contributed by atoms with E-state index in [2.05, 4.69) is 18.5 Å². The molecule has 0 atom stereocenters. The molecule has 102 valence electrons. The smallest absolute Gasteiger partial charge is 0.250 e. The zero-order valence-electron chi connectivity index (χ0n) is 10.5. The molecule has 0 saturated carbocycles. The number of carbonyl (C=O) groups excluding carboxylic acids is 1. The summed E-state index contributed by atoms with van der Waals surface area (Å²) in [5, 5.41) is 2.61. The highest BCUT2D eigenvalue weighted by Gasteiger charge is 2.14. The predicted molar refractivity (Wildman–Crippen MR) is 79.7 cm³/mol. The zero-order chi connectivity index (χ0) is 14.5. The van der Waals surface area contributed by atoms with E-state index in [-0.39, 0.29) is 10.8 Å². The topological polar surface area (TPSA) is 63.2 Å². The maximum atomic E-state index is 11.8. The molecule has 0 aliphatic heterocycles. The second kappa shape index (κ2) is 6.58. The Hall–Kier alpha value is -1.53. The summed E-state index contributed by atoms with van der Waals surface area (Å²) in [6.45, 7) is 8.60. The van der Waals surface area contributed by atoms with Gasteiger partial charge in [-0.3, -0.25) is 4.79 Å². The summed E-state index contributed by atoms with van der Waals surface area (Å²) in [6, 6.07) is 6.00. The molecule has 0 aromatic heterocycles. The Bertz CT molecular complexity index is 589. The third kappa shape index (κ3) is 4.57. The van der Waals surface area contributed by atoms with Crippen molar-refractivity contribution in [2.45, 2.75) is 11.8 Å². The summed E-state index contributed by atoms with van der Waals surface area (Å²) in [5.74, 6) is 0.0351. The molecule has 1 aromatic rings. The number of amides is 1. The van der Waals surface area contributed by atoms with Crippen LogP contribution < -0.4 is 5.32 Å². The maximum absolute atomic E-state index is 11.8. The third-order valence-corrected chi connectivity index (χ3v) is 5.58. The van der Waals surface area contributed by atoms with Gasteiger partial charge in [0.05, 0.1) is 4.90 Å². The number of carbonyl (C=O) groups is 1. The van der Waals surface area contributed by atoms with E-state index in [1.807, 2.05) is 0 Å². The van der Waals surface area contributed by atoms with Crippen molar-refractivity contribution in [3.8, 4) is 0 Å². The molecule has 0 fully saturated rings. The van der Waals surface area contributed by atoms with E-state index in [1.54, 1.807) is 19.1 Å². The number of benzene rings is 1. The number of nitrogens with one attached hydrogen (secondary N) is 1. The van der Waals surface area contributed by atoms with E-state index < -0.39 is 8.87 Å². The lowest BCUT2D eigenvalue weighted by molar-refractivity contribution is -0.112. The van der Waals surface area contributed by atoms with E-state index in [9.17, 15) is 13.2 Å². The number of hydrogen-bond acceptors (Lipinski definition) is 4. The molecule has 0 heterocycles. The lowest BCUT2D eigenvalue weighted by Crippen LogP contribution is -2.11. The van der Waals surface area contributed by atoms with E-state index in [0.717, 1.165) is 10.8 Å². The van der Waals surface area contributed by atoms with Crippen molar-refractivity contribution in [1.82, 2.24) is 0 Å². The number of hydrogen-bond donors (Lipinski definition) is 1. The van der Waals surface area contributed by atoms with Crippen LogP contribution in [0.25, 0.3) is 0 Å². The van der Waals surface area contributed by atoms with Gasteiger partial charge in [0.1, 0.15) is 0 Å². The summed E-state index contributed by atoms with van der Waals surface area (Å²) in [7, 11) is -2.56. The first-order chi connectivity index (χ1) is 8.86. The number of anilines is 1. The van der Waals surface area contributed by atoms with Crippen molar-refractivity contribution in [2.75, 3.05) is 11.1 Å². The minimum absolute atomic E-state index is 0.202. The van der Waals surface area contributed by atoms with Gasteiger partial charge in [0, 0.05) is 17.0 Å². The molecule has 1 amide bonds. The second-order valence-electron chi connectivity index (χ2n) is 3.79. The molecule has 0 unspecified atom stereocenters. The standard InChI is InChI=1S/C13H15NO3S2/c1-4-9-18-19(16,17)12-7-5-11(6-8-12)14-13(15)10(2)3/h4-8H,1-2,9H2,3H3,(H,14,15). The molecule has 0 radical (unpaired) electrons. The molecule has 1 rings (SSSR count). The summed E-state index contributed by atoms with van der Waals surface area (Å²) in [4.78, 5) is 11.6. The highest BCUT2D eigenvalue weighted by atomic mass is 33.1. The Morgan fingerprint density at radius 2 is 1.95 bits per heavy atom. The van der Waals surface area contributed by atoms with Crippen molar-refractivity contribution >= 4 is 31.3 Å². The normalized spacial score (nSPS) is 10.8. The van der Waals surface area contributed by atoms with Crippen LogP contribution in [0, 0.1) is 0 Å². The molecular weight excluding hydrogens is 282 g/mol. The van der Waals surface area contributed by atoms with Gasteiger partial charge in [-0.15, -0.1) is 6.58 Å². The predicted octanol–water partition coefficient (Wildman–Crippen LogP) is 2.81. The molecule has 6 heteroatoms. The zero-order valence-corrected chi connectivity index (χ0v) is 12.2. The molecule has 0 aliphatic rings. The molecule has 1 aromatic carbocycles. The second-order valence-corrected chi connectivity index (χ2v) is 7.76. The van der Waals surface area contributed by atoms with Crippen LogP contribution in [-0.4, -0.2) is 20.1 Å². The molecule has 0 saturated heterocycles. The largest absolute Gasteiger partial charge is 0.322 e. The van der Waals surface area contributed by atoms with Crippen LogP contribution in [0.1, 0.15) is 6.92 Å². The fourth-order valence-electron chi connectivity index (χ4n) is 1.15. The first-order valence-corrected chi connectivity index (χ1v) is 8.42. The van der Waals surface area contributed by atoms with Gasteiger partial charge in [0.2, 0.25) is 8.87 Å². The van der Waals surface area contributed by atoms with Crippen molar-refractivity contribution in [3.63, 3.8) is 0 Å². The van der Waals surface area contributed by atoms with Crippen molar-refractivity contribution in [2.24, 2.45) is 0 Å². The van der Waals surface area contributed by atoms with Gasteiger partial charge in [-0.1, -0.05) is 12.7 Å². The van der Waals surface area contributed by atoms with Gasteiger partial charge < -0.3 is 5.32 Å². The van der Waals surface area contributed by atoms with Crippen LogP contribution in [0.2, 0.25) is 0 Å². The Labute approximate surface area is 116 Å². The van der Waals surface area contributed by atoms with E-state index >= 15 is 0 Å². The Balaban J connectivity index is 2.84. The lowest BCUT2D eigenvalue weighted by Gasteiger charge is -2.06. The monoisotopic (exact) mass is 297 g/mol. The fraction of sp³-hybridized carbons (Fsp3) is 0.154. The Morgan fingerprint density at radius 3 is 2.42 bits per heavy atom. The van der Waals surface area contributed by atoms with Gasteiger partial charge >= 0.3 is 0 Å². The summed E-state index contributed by atoms with van der Waals surface area (Å²) in [6.07, 6.45) is 1.53. The Morgan fingerprint density at radius 1 is 1.37 bits per heavy atom. The fourth-order valence-corrected chi connectivity index (χ4v) is 3.60. The van der Waals surface area contributed by atoms with Crippen LogP contribution in [0.15, 0.2) is 54.0 Å². The first-order valence-electron chi connectivity index (χ1n) is 5.44. The highest BCUT2D eigenvalue weighted by Crippen LogP contribution is 2.24. The van der Waals surface area contributed by atoms with Crippen molar-refractivity contribution in [3.05, 3.63) is 49.1 Å². The SMILES string of the molecule is C=CCSS(=O)(=O)c1ccc(NC(=O)C(=C)C)cc1. The van der Waals surface area contributed by atoms with Gasteiger partial charge in [-0.25, -0.2) is 8.42 Å². The third-order valence-electron chi connectivity index (χ3n) is 2.13. The quantitative estimate of drug-likeness (QED) is 0.498. The minimum atomic E-state index is -3.37. The number of rotatable bonds is 6. The van der Waals surface area contributed by atoms with Gasteiger partial charge in [0.25, 0.3) is 5.91 Å². The van der Waals surface area contributed by atoms with Crippen molar-refractivity contribution < 1.29 is 13.2 Å². The molecule has 0 spiro atoms. The van der Waals surface area contributed by atoms with Crippen LogP contribution in [0.4, 0.5) is 5.69 Å². The van der Waals surface area contributed by atoms with Crippen LogP contribution in [-0.2, 0) is 13.7 Å². The first kappa shape index (κ1) is 15.5. The van der Waals surface area contributed by atoms with Gasteiger partial charge in [-0.05, 0) is 42.0 Å². The van der Waals surface area contributed by atoms with Gasteiger partial charge in [-0.2, -0.15) is 0 Å². The summed E-state index contributed by atoms with van der Waals surface area (Å²) < 4.78 is 23.7. The van der Waals surface area contributed by atoms with Gasteiger partial charge in [0.15, 0.2) is 0 Å². The molecule has 19 heavy (non-hydrogen) atoms. The van der Waals surface area contributed by atoms with Crippen LogP contribution in [0.3, 0.4) is 0 Å². The minimum Gasteiger partial charge on any atom is -0.322 e. The average Bonchev–Trinajstić information content (AvgIpc) is 2.37.